The van der Waals surface area contributed by atoms with Crippen LogP contribution < -0.4 is 16.0 Å². The lowest BCUT2D eigenvalue weighted by atomic mass is 9.83. The molecule has 5 unspecified atom stereocenters. The van der Waals surface area contributed by atoms with Crippen LogP contribution >= 0.6 is 0 Å². The summed E-state index contributed by atoms with van der Waals surface area (Å²) in [5.41, 5.74) is 2.67. The molecule has 4 aliphatic rings. The van der Waals surface area contributed by atoms with Gasteiger partial charge >= 0.3 is 0 Å². The first-order valence-corrected chi connectivity index (χ1v) is 15.0. The molecule has 216 valence electrons. The molecule has 0 spiro atoms. The maximum Gasteiger partial charge on any atom is 0.257 e. The van der Waals surface area contributed by atoms with Crippen LogP contribution in [0.15, 0.2) is 24.3 Å². The van der Waals surface area contributed by atoms with Gasteiger partial charge in [0.05, 0.1) is 12.1 Å². The molecule has 0 aromatic heterocycles. The van der Waals surface area contributed by atoms with E-state index in [9.17, 15) is 14.4 Å². The van der Waals surface area contributed by atoms with Gasteiger partial charge in [-0.05, 0) is 82.5 Å². The molecule has 1 aromatic rings. The number of carbonyl (C=O) groups is 3. The number of aryl methyl sites for hydroxylation is 1. The molecule has 9 nitrogen and oxygen atoms in total. The molecule has 3 aliphatic heterocycles. The fraction of sp³-hybridized carbons (Fsp3) is 0.645. The number of fused-ring (bicyclic) bond motifs is 2. The van der Waals surface area contributed by atoms with Gasteiger partial charge in [-0.3, -0.25) is 24.2 Å². The Labute approximate surface area is 237 Å². The summed E-state index contributed by atoms with van der Waals surface area (Å²) in [5, 5.41) is 9.15. The van der Waals surface area contributed by atoms with Gasteiger partial charge in [0.15, 0.2) is 0 Å². The van der Waals surface area contributed by atoms with E-state index in [-0.39, 0.29) is 35.6 Å². The second-order valence-corrected chi connectivity index (χ2v) is 11.6. The van der Waals surface area contributed by atoms with Gasteiger partial charge in [0.25, 0.3) is 5.91 Å². The third-order valence-electron chi connectivity index (χ3n) is 9.12. The van der Waals surface area contributed by atoms with Gasteiger partial charge in [-0.2, -0.15) is 0 Å². The van der Waals surface area contributed by atoms with E-state index in [1.165, 1.54) is 16.0 Å². The van der Waals surface area contributed by atoms with Crippen molar-refractivity contribution < 1.29 is 19.1 Å². The van der Waals surface area contributed by atoms with Crippen molar-refractivity contribution in [3.05, 3.63) is 35.4 Å². The zero-order valence-corrected chi connectivity index (χ0v) is 23.8. The van der Waals surface area contributed by atoms with E-state index < -0.39 is 18.1 Å². The van der Waals surface area contributed by atoms with E-state index in [4.69, 9.17) is 4.74 Å². The van der Waals surface area contributed by atoms with Crippen molar-refractivity contribution >= 4 is 17.7 Å². The van der Waals surface area contributed by atoms with Gasteiger partial charge in [0.1, 0.15) is 12.1 Å². The highest BCUT2D eigenvalue weighted by atomic mass is 16.5. The molecule has 1 aromatic carbocycles. The van der Waals surface area contributed by atoms with Crippen LogP contribution in [0.1, 0.15) is 62.5 Å². The van der Waals surface area contributed by atoms with Crippen LogP contribution in [0.25, 0.3) is 0 Å². The van der Waals surface area contributed by atoms with E-state index >= 15 is 0 Å². The van der Waals surface area contributed by atoms with Crippen LogP contribution in [0.4, 0.5) is 0 Å². The Hall–Kier alpha value is -2.93. The SMILES string of the molecule is CNC(C)C(=O)NC(C(=O)N1C#CC2CCCN2CC1C(=O)NCC1CCCc2ccccc21)C1CCOCC1. The molecule has 3 N–H and O–H groups in total. The predicted molar refractivity (Wildman–Crippen MR) is 152 cm³/mol. The Kier molecular flexibility index (Phi) is 9.40. The molecule has 0 saturated carbocycles. The van der Waals surface area contributed by atoms with Gasteiger partial charge in [0, 0.05) is 38.3 Å². The van der Waals surface area contributed by atoms with E-state index in [1.807, 2.05) is 0 Å². The summed E-state index contributed by atoms with van der Waals surface area (Å²) in [6.45, 7) is 4.66. The fourth-order valence-electron chi connectivity index (χ4n) is 6.54. The normalized spacial score (nSPS) is 26.4. The van der Waals surface area contributed by atoms with E-state index in [0.29, 0.717) is 39.1 Å². The highest BCUT2D eigenvalue weighted by Gasteiger charge is 2.42. The predicted octanol–water partition coefficient (Wildman–Crippen LogP) is 1.38. The number of rotatable bonds is 8. The highest BCUT2D eigenvalue weighted by molar-refractivity contribution is 5.94. The van der Waals surface area contributed by atoms with Crippen LogP contribution in [0.5, 0.6) is 0 Å². The molecule has 40 heavy (non-hydrogen) atoms. The number of ether oxygens (including phenoxy) is 1. The van der Waals surface area contributed by atoms with Crippen molar-refractivity contribution in [2.75, 3.05) is 39.9 Å². The summed E-state index contributed by atoms with van der Waals surface area (Å²) in [6.07, 6.45) is 6.50. The molecule has 9 heteroatoms. The summed E-state index contributed by atoms with van der Waals surface area (Å²) >= 11 is 0. The van der Waals surface area contributed by atoms with Crippen LogP contribution in [0.2, 0.25) is 0 Å². The summed E-state index contributed by atoms with van der Waals surface area (Å²) in [5.74, 6) is 2.72. The van der Waals surface area contributed by atoms with Gasteiger partial charge in [-0.15, -0.1) is 0 Å². The van der Waals surface area contributed by atoms with Gasteiger partial charge in [-0.25, -0.2) is 0 Å². The number of likely N-dealkylation sites (N-methyl/N-ethyl adjacent to an activating group) is 1. The number of hydrogen-bond acceptors (Lipinski definition) is 6. The molecule has 2 saturated heterocycles. The highest BCUT2D eigenvalue weighted by Crippen LogP contribution is 2.31. The largest absolute Gasteiger partial charge is 0.381 e. The van der Waals surface area contributed by atoms with Crippen LogP contribution in [-0.4, -0.2) is 91.6 Å². The minimum Gasteiger partial charge on any atom is -0.381 e. The quantitative estimate of drug-likeness (QED) is 0.424. The van der Waals surface area contributed by atoms with Gasteiger partial charge in [0.2, 0.25) is 11.8 Å². The summed E-state index contributed by atoms with van der Waals surface area (Å²) < 4.78 is 5.54. The summed E-state index contributed by atoms with van der Waals surface area (Å²) in [6, 6.07) is 9.66. The second kappa shape index (κ2) is 13.2. The number of nitrogens with one attached hydrogen (secondary N) is 3. The maximum atomic E-state index is 14.2. The number of benzene rings is 1. The number of carbonyl (C=O) groups excluding carboxylic acids is 3. The molecule has 0 bridgehead atoms. The minimum atomic E-state index is -0.769. The maximum absolute atomic E-state index is 14.2. The molecule has 5 atom stereocenters. The fourth-order valence-corrected chi connectivity index (χ4v) is 6.54. The van der Waals surface area contributed by atoms with Crippen LogP contribution in [0.3, 0.4) is 0 Å². The van der Waals surface area contributed by atoms with Gasteiger partial charge < -0.3 is 20.7 Å². The van der Waals surface area contributed by atoms with Crippen molar-refractivity contribution in [2.45, 2.75) is 82.0 Å². The Morgan fingerprint density at radius 1 is 1.10 bits per heavy atom. The van der Waals surface area contributed by atoms with Crippen molar-refractivity contribution in [3.63, 3.8) is 0 Å². The first-order valence-electron chi connectivity index (χ1n) is 15.0. The Balaban J connectivity index is 1.37. The first-order chi connectivity index (χ1) is 19.5. The van der Waals surface area contributed by atoms with Crippen LogP contribution in [0, 0.1) is 17.9 Å². The Morgan fingerprint density at radius 2 is 1.90 bits per heavy atom. The smallest absolute Gasteiger partial charge is 0.257 e. The monoisotopic (exact) mass is 549 g/mol. The lowest BCUT2D eigenvalue weighted by Crippen LogP contribution is -2.60. The number of nitrogens with zero attached hydrogens (tertiary/aromatic N) is 2. The average molecular weight is 550 g/mol. The standard InChI is InChI=1S/C31H43N5O4/c1-21(32-2)29(37)34-28(23-13-17-40-18-14-23)31(39)36-16-12-25-10-6-15-35(25)20-27(36)30(38)33-19-24-9-5-8-22-7-3-4-11-26(22)24/h3-4,7,11,21,23-25,27-28,32H,5-6,8-10,13-15,17-20H2,1-2H3,(H,33,38)(H,34,37). The molecule has 0 radical (unpaired) electrons. The van der Waals surface area contributed by atoms with Crippen LogP contribution in [-0.2, 0) is 25.5 Å². The van der Waals surface area contributed by atoms with E-state index in [0.717, 1.165) is 38.6 Å². The first kappa shape index (κ1) is 28.6. The third-order valence-corrected chi connectivity index (χ3v) is 9.12. The summed E-state index contributed by atoms with van der Waals surface area (Å²) in [4.78, 5) is 44.7. The van der Waals surface area contributed by atoms with Gasteiger partial charge in [-0.1, -0.05) is 30.2 Å². The lowest BCUT2D eigenvalue weighted by molar-refractivity contribution is -0.142. The second-order valence-electron chi connectivity index (χ2n) is 11.6. The Morgan fingerprint density at radius 3 is 2.70 bits per heavy atom. The van der Waals surface area contributed by atoms with Crippen molar-refractivity contribution in [1.82, 2.24) is 25.8 Å². The molecular formula is C31H43N5O4. The zero-order chi connectivity index (χ0) is 28.1. The van der Waals surface area contributed by atoms with Crippen molar-refractivity contribution in [2.24, 2.45) is 5.92 Å². The number of hydrogen-bond donors (Lipinski definition) is 3. The zero-order valence-electron chi connectivity index (χ0n) is 23.8. The topological polar surface area (TPSA) is 103 Å². The average Bonchev–Trinajstić information content (AvgIpc) is 3.36. The molecule has 1 aliphatic carbocycles. The molecular weight excluding hydrogens is 506 g/mol. The van der Waals surface area contributed by atoms with Crippen molar-refractivity contribution in [1.29, 1.82) is 0 Å². The lowest BCUT2D eigenvalue weighted by Gasteiger charge is -2.35. The summed E-state index contributed by atoms with van der Waals surface area (Å²) in [7, 11) is 1.72. The molecule has 3 heterocycles. The third kappa shape index (κ3) is 6.35. The molecule has 2 fully saturated rings. The number of amides is 3. The minimum absolute atomic E-state index is 0.0405. The molecule has 5 rings (SSSR count). The Bertz CT molecular complexity index is 1140. The van der Waals surface area contributed by atoms with E-state index in [2.05, 4.69) is 57.1 Å². The van der Waals surface area contributed by atoms with E-state index in [1.54, 1.807) is 14.0 Å². The van der Waals surface area contributed by atoms with Crippen molar-refractivity contribution in [3.8, 4) is 12.0 Å². The molecule has 3 amide bonds.